The van der Waals surface area contributed by atoms with Crippen molar-refractivity contribution in [2.45, 2.75) is 57.5 Å². The number of hydrogen-bond acceptors (Lipinski definition) is 3. The summed E-state index contributed by atoms with van der Waals surface area (Å²) in [4.78, 5) is 17.4. The third-order valence-corrected chi connectivity index (χ3v) is 5.73. The van der Waals surface area contributed by atoms with Gasteiger partial charge in [0.15, 0.2) is 11.6 Å². The maximum absolute atomic E-state index is 13.8. The number of nitrogens with zero attached hydrogens (tertiary/aromatic N) is 2. The predicted molar refractivity (Wildman–Crippen MR) is 96.3 cm³/mol. The summed E-state index contributed by atoms with van der Waals surface area (Å²) in [6.45, 7) is 5.30. The van der Waals surface area contributed by atoms with Gasteiger partial charge in [0.2, 0.25) is 5.91 Å². The summed E-state index contributed by atoms with van der Waals surface area (Å²) in [7, 11) is 1.46. The van der Waals surface area contributed by atoms with Crippen molar-refractivity contribution in [1.82, 2.24) is 9.80 Å². The Morgan fingerprint density at radius 3 is 2.72 bits per heavy atom. The fourth-order valence-electron chi connectivity index (χ4n) is 4.44. The number of carbonyl (C=O) groups is 1. The highest BCUT2D eigenvalue weighted by Crippen LogP contribution is 2.30. The molecule has 2 saturated heterocycles. The maximum Gasteiger partial charge on any atom is 0.223 e. The first kappa shape index (κ1) is 18.2. The minimum atomic E-state index is -0.365. The Balaban J connectivity index is 1.59. The van der Waals surface area contributed by atoms with Gasteiger partial charge >= 0.3 is 0 Å². The molecule has 0 radical (unpaired) electrons. The van der Waals surface area contributed by atoms with E-state index in [0.717, 1.165) is 38.0 Å². The van der Waals surface area contributed by atoms with Gasteiger partial charge in [0.05, 0.1) is 7.11 Å². The first-order chi connectivity index (χ1) is 12.1. The van der Waals surface area contributed by atoms with E-state index < -0.39 is 0 Å². The van der Waals surface area contributed by atoms with Crippen LogP contribution in [0.15, 0.2) is 18.2 Å². The van der Waals surface area contributed by atoms with Crippen LogP contribution in [0.5, 0.6) is 5.75 Å². The number of halogens is 1. The monoisotopic (exact) mass is 348 g/mol. The molecule has 0 aliphatic carbocycles. The summed E-state index contributed by atoms with van der Waals surface area (Å²) in [5.41, 5.74) is 0.846. The number of aryl methyl sites for hydroxylation is 1. The molecule has 0 saturated carbocycles. The number of benzene rings is 1. The molecule has 2 aliphatic rings. The highest BCUT2D eigenvalue weighted by molar-refractivity contribution is 5.77. The van der Waals surface area contributed by atoms with E-state index in [4.69, 9.17) is 4.74 Å². The van der Waals surface area contributed by atoms with E-state index in [1.807, 2.05) is 6.07 Å². The van der Waals surface area contributed by atoms with Crippen molar-refractivity contribution in [2.24, 2.45) is 0 Å². The first-order valence-corrected chi connectivity index (χ1v) is 9.50. The van der Waals surface area contributed by atoms with Gasteiger partial charge in [-0.05, 0) is 62.9 Å². The van der Waals surface area contributed by atoms with Crippen LogP contribution in [0.4, 0.5) is 4.39 Å². The minimum absolute atomic E-state index is 0.210. The number of hydrogen-bond donors (Lipinski definition) is 0. The number of ether oxygens (including phenoxy) is 1. The number of methoxy groups -OCH3 is 1. The lowest BCUT2D eigenvalue weighted by Gasteiger charge is -2.34. The minimum Gasteiger partial charge on any atom is -0.494 e. The molecular weight excluding hydrogens is 319 g/mol. The van der Waals surface area contributed by atoms with Crippen molar-refractivity contribution >= 4 is 5.91 Å². The van der Waals surface area contributed by atoms with Gasteiger partial charge in [-0.2, -0.15) is 0 Å². The molecule has 138 valence electrons. The van der Waals surface area contributed by atoms with Crippen LogP contribution in [0, 0.1) is 5.82 Å². The third-order valence-electron chi connectivity index (χ3n) is 5.73. The second-order valence-corrected chi connectivity index (χ2v) is 7.10. The van der Waals surface area contributed by atoms with Gasteiger partial charge in [0.25, 0.3) is 0 Å². The quantitative estimate of drug-likeness (QED) is 0.791. The van der Waals surface area contributed by atoms with Crippen LogP contribution in [0.1, 0.15) is 44.6 Å². The van der Waals surface area contributed by atoms with Crippen LogP contribution in [-0.4, -0.2) is 54.5 Å². The zero-order valence-corrected chi connectivity index (χ0v) is 15.3. The molecule has 25 heavy (non-hydrogen) atoms. The second-order valence-electron chi connectivity index (χ2n) is 7.10. The Labute approximate surface area is 149 Å². The van der Waals surface area contributed by atoms with Crippen LogP contribution < -0.4 is 4.74 Å². The molecule has 1 amide bonds. The van der Waals surface area contributed by atoms with Crippen LogP contribution in [0.3, 0.4) is 0 Å². The van der Waals surface area contributed by atoms with Gasteiger partial charge < -0.3 is 9.64 Å². The summed E-state index contributed by atoms with van der Waals surface area (Å²) in [5.74, 6) is 0.0910. The Morgan fingerprint density at radius 2 is 2.00 bits per heavy atom. The number of rotatable bonds is 6. The van der Waals surface area contributed by atoms with Gasteiger partial charge in [-0.1, -0.05) is 13.0 Å². The van der Waals surface area contributed by atoms with Crippen molar-refractivity contribution < 1.29 is 13.9 Å². The fourth-order valence-corrected chi connectivity index (χ4v) is 4.44. The normalized spacial score (nSPS) is 24.0. The molecule has 3 rings (SSSR count). The summed E-state index contributed by atoms with van der Waals surface area (Å²) >= 11 is 0. The molecular formula is C20H29FN2O2. The summed E-state index contributed by atoms with van der Waals surface area (Å²) < 4.78 is 18.7. The molecule has 2 fully saturated rings. The van der Waals surface area contributed by atoms with Crippen molar-refractivity contribution in [3.05, 3.63) is 29.6 Å². The highest BCUT2D eigenvalue weighted by Gasteiger charge is 2.38. The standard InChI is InChI=1S/C20H29FN2O2/c1-3-22-12-4-6-17(22)18-7-5-13-23(18)20(24)11-9-15-8-10-19(25-2)16(21)14-15/h8,10,14,17-18H,3-7,9,11-13H2,1-2H3/t17-,18+/m0/s1. The average Bonchev–Trinajstić information content (AvgIpc) is 3.27. The smallest absolute Gasteiger partial charge is 0.223 e. The lowest BCUT2D eigenvalue weighted by Crippen LogP contribution is -2.48. The molecule has 0 spiro atoms. The fraction of sp³-hybridized carbons (Fsp3) is 0.650. The van der Waals surface area contributed by atoms with Crippen LogP contribution in [0.25, 0.3) is 0 Å². The van der Waals surface area contributed by atoms with E-state index >= 15 is 0 Å². The zero-order chi connectivity index (χ0) is 17.8. The first-order valence-electron chi connectivity index (χ1n) is 9.50. The molecule has 0 N–H and O–H groups in total. The molecule has 4 nitrogen and oxygen atoms in total. The van der Waals surface area contributed by atoms with Crippen molar-refractivity contribution in [1.29, 1.82) is 0 Å². The largest absolute Gasteiger partial charge is 0.494 e. The Hall–Kier alpha value is -1.62. The summed E-state index contributed by atoms with van der Waals surface area (Å²) in [5, 5.41) is 0. The van der Waals surface area contributed by atoms with E-state index in [0.29, 0.717) is 24.9 Å². The highest BCUT2D eigenvalue weighted by atomic mass is 19.1. The van der Waals surface area contributed by atoms with Gasteiger partial charge in [0, 0.05) is 25.0 Å². The van der Waals surface area contributed by atoms with Crippen molar-refractivity contribution in [3.8, 4) is 5.75 Å². The summed E-state index contributed by atoms with van der Waals surface area (Å²) in [6, 6.07) is 5.83. The topological polar surface area (TPSA) is 32.8 Å². The van der Waals surface area contributed by atoms with E-state index in [9.17, 15) is 9.18 Å². The lowest BCUT2D eigenvalue weighted by molar-refractivity contribution is -0.133. The van der Waals surface area contributed by atoms with Crippen molar-refractivity contribution in [2.75, 3.05) is 26.7 Å². The third kappa shape index (κ3) is 3.97. The number of amides is 1. The SMILES string of the molecule is CCN1CCC[C@H]1[C@H]1CCCN1C(=O)CCc1ccc(OC)c(F)c1. The molecule has 2 heterocycles. The second kappa shape index (κ2) is 8.17. The van der Waals surface area contributed by atoms with Crippen molar-refractivity contribution in [3.63, 3.8) is 0 Å². The molecule has 2 aliphatic heterocycles. The number of carbonyl (C=O) groups excluding carboxylic acids is 1. The molecule has 0 bridgehead atoms. The Kier molecular flexibility index (Phi) is 5.94. The predicted octanol–water partition coefficient (Wildman–Crippen LogP) is 3.24. The summed E-state index contributed by atoms with van der Waals surface area (Å²) in [6.07, 6.45) is 5.67. The van der Waals surface area contributed by atoms with E-state index in [1.54, 1.807) is 6.07 Å². The molecule has 0 aromatic heterocycles. The Morgan fingerprint density at radius 1 is 1.24 bits per heavy atom. The zero-order valence-electron chi connectivity index (χ0n) is 15.3. The van der Waals surface area contributed by atoms with E-state index in [2.05, 4.69) is 16.7 Å². The molecule has 5 heteroatoms. The number of likely N-dealkylation sites (N-methyl/N-ethyl adjacent to an activating group) is 1. The molecule has 1 aromatic rings. The molecule has 2 atom stereocenters. The van der Waals surface area contributed by atoms with Crippen LogP contribution in [-0.2, 0) is 11.2 Å². The van der Waals surface area contributed by atoms with E-state index in [-0.39, 0.29) is 17.5 Å². The van der Waals surface area contributed by atoms with Gasteiger partial charge in [0.1, 0.15) is 0 Å². The van der Waals surface area contributed by atoms with Gasteiger partial charge in [-0.25, -0.2) is 4.39 Å². The van der Waals surface area contributed by atoms with E-state index in [1.165, 1.54) is 26.0 Å². The molecule has 1 aromatic carbocycles. The lowest BCUT2D eigenvalue weighted by atomic mass is 10.0. The van der Waals surface area contributed by atoms with Gasteiger partial charge in [-0.3, -0.25) is 9.69 Å². The average molecular weight is 348 g/mol. The van der Waals surface area contributed by atoms with Gasteiger partial charge in [-0.15, -0.1) is 0 Å². The number of likely N-dealkylation sites (tertiary alicyclic amines) is 2. The maximum atomic E-state index is 13.8. The van der Waals surface area contributed by atoms with Crippen LogP contribution in [0.2, 0.25) is 0 Å². The van der Waals surface area contributed by atoms with Crippen LogP contribution >= 0.6 is 0 Å². The Bertz CT molecular complexity index is 607. The molecule has 0 unspecified atom stereocenters.